The monoisotopic (exact) mass is 366 g/mol. The lowest BCUT2D eigenvalue weighted by Crippen LogP contribution is -2.30. The molecular formula is C19H18N4O2S. The Balaban J connectivity index is 1.53. The predicted molar refractivity (Wildman–Crippen MR) is 98.6 cm³/mol. The Kier molecular flexibility index (Phi) is 4.38. The van der Waals surface area contributed by atoms with Crippen LogP contribution in [0, 0.1) is 6.92 Å². The van der Waals surface area contributed by atoms with Crippen molar-refractivity contribution in [1.82, 2.24) is 19.9 Å². The Hall–Kier alpha value is -2.80. The average Bonchev–Trinajstić information content (AvgIpc) is 3.41. The van der Waals surface area contributed by atoms with Gasteiger partial charge >= 0.3 is 0 Å². The minimum Gasteiger partial charge on any atom is -0.340 e. The number of aryl methyl sites for hydroxylation is 1. The molecule has 1 fully saturated rings. The van der Waals surface area contributed by atoms with Crippen molar-refractivity contribution in [3.8, 4) is 0 Å². The first-order valence-corrected chi connectivity index (χ1v) is 9.36. The zero-order chi connectivity index (χ0) is 18.1. The first kappa shape index (κ1) is 16.7. The van der Waals surface area contributed by atoms with E-state index in [-0.39, 0.29) is 29.0 Å². The van der Waals surface area contributed by atoms with Crippen molar-refractivity contribution in [1.29, 1.82) is 0 Å². The largest absolute Gasteiger partial charge is 0.340 e. The van der Waals surface area contributed by atoms with E-state index in [1.54, 1.807) is 40.5 Å². The number of hydrogen-bond donors (Lipinski definition) is 1. The molecule has 1 N–H and O–H groups in total. The molecule has 7 heteroatoms. The fourth-order valence-electron chi connectivity index (χ4n) is 3.22. The standard InChI is InChI=1S/C19H18N4O2S/c1-12-10-26-18(22-12)14-7-8-23(9-14)19(25)16-15(20-11-21-16)17(24)13-5-3-2-4-6-13/h2-6,10-11,14H,7-9H2,1H3,(H,20,21). The van der Waals surface area contributed by atoms with Crippen LogP contribution in [-0.4, -0.2) is 44.6 Å². The number of carbonyl (C=O) groups is 2. The minimum atomic E-state index is -0.249. The number of rotatable bonds is 4. The van der Waals surface area contributed by atoms with Gasteiger partial charge in [-0.05, 0) is 13.3 Å². The van der Waals surface area contributed by atoms with Crippen LogP contribution < -0.4 is 0 Å². The van der Waals surface area contributed by atoms with Crippen LogP contribution in [0.3, 0.4) is 0 Å². The van der Waals surface area contributed by atoms with Gasteiger partial charge in [-0.15, -0.1) is 11.3 Å². The highest BCUT2D eigenvalue weighted by atomic mass is 32.1. The number of amides is 1. The van der Waals surface area contributed by atoms with E-state index in [1.807, 2.05) is 18.4 Å². The molecule has 3 aromatic rings. The number of thiazole rings is 1. The van der Waals surface area contributed by atoms with E-state index >= 15 is 0 Å². The molecule has 4 rings (SSSR count). The topological polar surface area (TPSA) is 79.0 Å². The van der Waals surface area contributed by atoms with E-state index in [1.165, 1.54) is 6.33 Å². The number of nitrogens with one attached hydrogen (secondary N) is 1. The molecule has 26 heavy (non-hydrogen) atoms. The summed E-state index contributed by atoms with van der Waals surface area (Å²) in [7, 11) is 0. The lowest BCUT2D eigenvalue weighted by atomic mass is 10.1. The number of H-pyrrole nitrogens is 1. The van der Waals surface area contributed by atoms with Gasteiger partial charge in [-0.1, -0.05) is 30.3 Å². The molecule has 1 amide bonds. The van der Waals surface area contributed by atoms with Gasteiger partial charge in [0.15, 0.2) is 0 Å². The van der Waals surface area contributed by atoms with Crippen LogP contribution in [0.15, 0.2) is 42.0 Å². The fourth-order valence-corrected chi connectivity index (χ4v) is 4.15. The van der Waals surface area contributed by atoms with E-state index in [0.29, 0.717) is 18.7 Å². The van der Waals surface area contributed by atoms with Crippen molar-refractivity contribution in [2.24, 2.45) is 0 Å². The summed E-state index contributed by atoms with van der Waals surface area (Å²) in [5.41, 5.74) is 1.97. The first-order valence-electron chi connectivity index (χ1n) is 8.48. The highest BCUT2D eigenvalue weighted by Crippen LogP contribution is 2.30. The van der Waals surface area contributed by atoms with E-state index in [2.05, 4.69) is 15.0 Å². The van der Waals surface area contributed by atoms with E-state index in [0.717, 1.165) is 17.1 Å². The van der Waals surface area contributed by atoms with E-state index < -0.39 is 0 Å². The van der Waals surface area contributed by atoms with Crippen molar-refractivity contribution in [2.45, 2.75) is 19.3 Å². The maximum Gasteiger partial charge on any atom is 0.272 e. The number of nitrogens with zero attached hydrogens (tertiary/aromatic N) is 3. The van der Waals surface area contributed by atoms with Gasteiger partial charge in [-0.25, -0.2) is 9.97 Å². The van der Waals surface area contributed by atoms with Gasteiger partial charge in [0.2, 0.25) is 5.78 Å². The number of aromatic amines is 1. The highest BCUT2D eigenvalue weighted by molar-refractivity contribution is 7.09. The van der Waals surface area contributed by atoms with Crippen molar-refractivity contribution >= 4 is 23.0 Å². The molecule has 0 radical (unpaired) electrons. The summed E-state index contributed by atoms with van der Waals surface area (Å²) in [6.45, 7) is 3.24. The van der Waals surface area contributed by atoms with Crippen LogP contribution in [0.25, 0.3) is 0 Å². The molecule has 6 nitrogen and oxygen atoms in total. The molecule has 0 aliphatic carbocycles. The summed E-state index contributed by atoms with van der Waals surface area (Å²) in [6.07, 6.45) is 2.29. The molecular weight excluding hydrogens is 348 g/mol. The number of imidazole rings is 1. The van der Waals surface area contributed by atoms with Crippen molar-refractivity contribution in [3.63, 3.8) is 0 Å². The molecule has 0 spiro atoms. The molecule has 0 bridgehead atoms. The minimum absolute atomic E-state index is 0.176. The lowest BCUT2D eigenvalue weighted by Gasteiger charge is -2.15. The van der Waals surface area contributed by atoms with Crippen LogP contribution in [-0.2, 0) is 0 Å². The second-order valence-electron chi connectivity index (χ2n) is 6.39. The molecule has 1 unspecified atom stereocenters. The smallest absolute Gasteiger partial charge is 0.272 e. The molecule has 1 atom stereocenters. The normalized spacial score (nSPS) is 16.8. The summed E-state index contributed by atoms with van der Waals surface area (Å²) in [5, 5.41) is 3.11. The van der Waals surface area contributed by atoms with Crippen LogP contribution >= 0.6 is 11.3 Å². The van der Waals surface area contributed by atoms with Gasteiger partial charge in [0.25, 0.3) is 5.91 Å². The highest BCUT2D eigenvalue weighted by Gasteiger charge is 2.32. The van der Waals surface area contributed by atoms with Crippen molar-refractivity contribution in [2.75, 3.05) is 13.1 Å². The lowest BCUT2D eigenvalue weighted by molar-refractivity contribution is 0.0780. The fraction of sp³-hybridized carbons (Fsp3) is 0.263. The summed E-state index contributed by atoms with van der Waals surface area (Å²) >= 11 is 1.64. The third kappa shape index (κ3) is 3.06. The van der Waals surface area contributed by atoms with E-state index in [4.69, 9.17) is 0 Å². The van der Waals surface area contributed by atoms with Gasteiger partial charge in [0.1, 0.15) is 11.4 Å². The number of aromatic nitrogens is 3. The first-order chi connectivity index (χ1) is 12.6. The molecule has 1 aliphatic rings. The number of ketones is 1. The van der Waals surface area contributed by atoms with Gasteiger partial charge in [-0.2, -0.15) is 0 Å². The van der Waals surface area contributed by atoms with Gasteiger partial charge in [-0.3, -0.25) is 9.59 Å². The summed E-state index contributed by atoms with van der Waals surface area (Å²) in [5.74, 6) is -0.173. The number of likely N-dealkylation sites (tertiary alicyclic amines) is 1. The Bertz CT molecular complexity index is 947. The maximum absolute atomic E-state index is 12.9. The van der Waals surface area contributed by atoms with Crippen molar-refractivity contribution < 1.29 is 9.59 Å². The Labute approximate surface area is 154 Å². The number of benzene rings is 1. The third-order valence-electron chi connectivity index (χ3n) is 4.57. The molecule has 1 aromatic carbocycles. The number of hydrogen-bond acceptors (Lipinski definition) is 5. The molecule has 2 aromatic heterocycles. The van der Waals surface area contributed by atoms with Gasteiger partial charge < -0.3 is 9.88 Å². The molecule has 3 heterocycles. The Morgan fingerprint density at radius 1 is 1.27 bits per heavy atom. The molecule has 1 aliphatic heterocycles. The maximum atomic E-state index is 12.9. The SMILES string of the molecule is Cc1csc(C2CCN(C(=O)c3[nH]cnc3C(=O)c3ccccc3)C2)n1. The number of carbonyl (C=O) groups excluding carboxylic acids is 2. The van der Waals surface area contributed by atoms with E-state index in [9.17, 15) is 9.59 Å². The second-order valence-corrected chi connectivity index (χ2v) is 7.27. The molecule has 132 valence electrons. The van der Waals surface area contributed by atoms with Gasteiger partial charge in [0, 0.05) is 35.6 Å². The summed E-state index contributed by atoms with van der Waals surface area (Å²) in [6, 6.07) is 8.88. The van der Waals surface area contributed by atoms with Crippen LogP contribution in [0.2, 0.25) is 0 Å². The van der Waals surface area contributed by atoms with Gasteiger partial charge in [0.05, 0.1) is 11.3 Å². The Morgan fingerprint density at radius 2 is 2.08 bits per heavy atom. The predicted octanol–water partition coefficient (Wildman–Crippen LogP) is 3.04. The third-order valence-corrected chi connectivity index (χ3v) is 5.69. The zero-order valence-electron chi connectivity index (χ0n) is 14.3. The molecule has 0 saturated carbocycles. The van der Waals surface area contributed by atoms with Crippen LogP contribution in [0.4, 0.5) is 0 Å². The average molecular weight is 366 g/mol. The molecule has 1 saturated heterocycles. The Morgan fingerprint density at radius 3 is 2.81 bits per heavy atom. The summed E-state index contributed by atoms with van der Waals surface area (Å²) in [4.78, 5) is 38.9. The summed E-state index contributed by atoms with van der Waals surface area (Å²) < 4.78 is 0. The second kappa shape index (κ2) is 6.84. The quantitative estimate of drug-likeness (QED) is 0.720. The van der Waals surface area contributed by atoms with Crippen molar-refractivity contribution in [3.05, 3.63) is 69.7 Å². The van der Waals surface area contributed by atoms with Crippen LogP contribution in [0.5, 0.6) is 0 Å². The zero-order valence-corrected chi connectivity index (χ0v) is 15.1. The van der Waals surface area contributed by atoms with Crippen LogP contribution in [0.1, 0.15) is 49.6 Å².